The van der Waals surface area contributed by atoms with Gasteiger partial charge in [-0.3, -0.25) is 4.79 Å². The van der Waals surface area contributed by atoms with E-state index >= 15 is 0 Å². The van der Waals surface area contributed by atoms with Crippen molar-refractivity contribution in [3.05, 3.63) is 53.9 Å². The van der Waals surface area contributed by atoms with Gasteiger partial charge in [0.15, 0.2) is 0 Å². The molecule has 0 bridgehead atoms. The predicted molar refractivity (Wildman–Crippen MR) is 129 cm³/mol. The summed E-state index contributed by atoms with van der Waals surface area (Å²) in [7, 11) is -1.79. The van der Waals surface area contributed by atoms with E-state index < -0.39 is 10.0 Å². The fraction of sp³-hybridized carbons (Fsp3) is 0.417. The maximum absolute atomic E-state index is 13.4. The summed E-state index contributed by atoms with van der Waals surface area (Å²) in [6.07, 6.45) is 2.10. The van der Waals surface area contributed by atoms with Gasteiger partial charge in [0.05, 0.1) is 41.3 Å². The van der Waals surface area contributed by atoms with Gasteiger partial charge in [-0.2, -0.15) is 4.31 Å². The van der Waals surface area contributed by atoms with Crippen molar-refractivity contribution in [1.82, 2.24) is 19.2 Å². The van der Waals surface area contributed by atoms with E-state index in [1.807, 2.05) is 35.9 Å². The van der Waals surface area contributed by atoms with E-state index in [0.717, 1.165) is 48.5 Å². The molecule has 0 saturated carbocycles. The highest BCUT2D eigenvalue weighted by molar-refractivity contribution is 7.89. The van der Waals surface area contributed by atoms with Crippen LogP contribution >= 0.6 is 0 Å². The molecule has 0 radical (unpaired) electrons. The molecular weight excluding hydrogens is 454 g/mol. The lowest BCUT2D eigenvalue weighted by atomic mass is 10.1. The van der Waals surface area contributed by atoms with Crippen molar-refractivity contribution in [3.63, 3.8) is 0 Å². The number of benzene rings is 2. The molecule has 2 saturated heterocycles. The Bertz CT molecular complexity index is 1310. The number of nitrogens with zero attached hydrogens (tertiary/aromatic N) is 4. The summed E-state index contributed by atoms with van der Waals surface area (Å²) in [5.41, 5.74) is 2.99. The summed E-state index contributed by atoms with van der Waals surface area (Å²) in [6.45, 7) is 3.30. The number of aryl methyl sites for hydroxylation is 1. The minimum absolute atomic E-state index is 0.130. The number of hydrogen-bond donors (Lipinski definition) is 1. The second kappa shape index (κ2) is 9.36. The van der Waals surface area contributed by atoms with Crippen LogP contribution in [0.15, 0.2) is 47.4 Å². The van der Waals surface area contributed by atoms with E-state index in [4.69, 9.17) is 4.74 Å². The van der Waals surface area contributed by atoms with Gasteiger partial charge in [0.2, 0.25) is 10.0 Å². The standard InChI is InChI=1S/C24H29N5O4S/c1-27-22-7-3-2-6-20(22)26-23(27)17-25-24(30)19-16-18(8-9-21(19)28-10-4-5-11-28)34(31,32)29-12-14-33-15-13-29/h2-3,6-9,16H,4-5,10-15,17H2,1H3,(H,25,30). The minimum atomic E-state index is -3.71. The summed E-state index contributed by atoms with van der Waals surface area (Å²) in [4.78, 5) is 20.3. The zero-order valence-corrected chi connectivity index (χ0v) is 20.1. The van der Waals surface area contributed by atoms with Gasteiger partial charge in [-0.15, -0.1) is 0 Å². The average molecular weight is 484 g/mol. The molecular formula is C24H29N5O4S. The van der Waals surface area contributed by atoms with E-state index in [1.54, 1.807) is 12.1 Å². The Hall–Kier alpha value is -2.95. The Kier molecular flexibility index (Phi) is 6.28. The largest absolute Gasteiger partial charge is 0.379 e. The van der Waals surface area contributed by atoms with Gasteiger partial charge in [-0.05, 0) is 43.2 Å². The number of sulfonamides is 1. The quantitative estimate of drug-likeness (QED) is 0.577. The summed E-state index contributed by atoms with van der Waals surface area (Å²) >= 11 is 0. The number of hydrogen-bond acceptors (Lipinski definition) is 6. The number of anilines is 1. The number of morpholine rings is 1. The van der Waals surface area contributed by atoms with Crippen LogP contribution in [0.1, 0.15) is 29.0 Å². The number of aromatic nitrogens is 2. The summed E-state index contributed by atoms with van der Waals surface area (Å²) in [5.74, 6) is 0.419. The van der Waals surface area contributed by atoms with Crippen LogP contribution in [0.3, 0.4) is 0 Å². The minimum Gasteiger partial charge on any atom is -0.379 e. The van der Waals surface area contributed by atoms with Gasteiger partial charge in [0, 0.05) is 38.9 Å². The van der Waals surface area contributed by atoms with Gasteiger partial charge in [0.1, 0.15) is 5.82 Å². The molecule has 2 aromatic carbocycles. The van der Waals surface area contributed by atoms with E-state index in [2.05, 4.69) is 15.2 Å². The molecule has 5 rings (SSSR count). The number of imidazole rings is 1. The van der Waals surface area contributed by atoms with Crippen molar-refractivity contribution in [2.24, 2.45) is 7.05 Å². The molecule has 2 fully saturated rings. The van der Waals surface area contributed by atoms with Crippen LogP contribution in [0.2, 0.25) is 0 Å². The number of amides is 1. The van der Waals surface area contributed by atoms with Crippen LogP contribution < -0.4 is 10.2 Å². The Labute approximate surface area is 199 Å². The summed E-state index contributed by atoms with van der Waals surface area (Å²) in [5, 5.41) is 2.96. The van der Waals surface area contributed by atoms with Crippen LogP contribution in [0.4, 0.5) is 5.69 Å². The van der Waals surface area contributed by atoms with E-state index in [-0.39, 0.29) is 17.3 Å². The molecule has 180 valence electrons. The molecule has 0 unspecified atom stereocenters. The van der Waals surface area contributed by atoms with Crippen LogP contribution in [-0.4, -0.2) is 67.6 Å². The van der Waals surface area contributed by atoms with Crippen molar-refractivity contribution >= 4 is 32.7 Å². The smallest absolute Gasteiger partial charge is 0.253 e. The van der Waals surface area contributed by atoms with Crippen LogP contribution in [0.25, 0.3) is 11.0 Å². The highest BCUT2D eigenvalue weighted by Gasteiger charge is 2.29. The number of carbonyl (C=O) groups excluding carboxylic acids is 1. The first-order valence-corrected chi connectivity index (χ1v) is 13.0. The normalized spacial score (nSPS) is 17.4. The monoisotopic (exact) mass is 483 g/mol. The topological polar surface area (TPSA) is 96.8 Å². The Morgan fingerprint density at radius 2 is 1.79 bits per heavy atom. The first-order chi connectivity index (χ1) is 16.4. The van der Waals surface area contributed by atoms with Crippen molar-refractivity contribution in [2.45, 2.75) is 24.3 Å². The van der Waals surface area contributed by atoms with Gasteiger partial charge in [0.25, 0.3) is 5.91 Å². The van der Waals surface area contributed by atoms with Crippen LogP contribution in [-0.2, 0) is 28.4 Å². The lowest BCUT2D eigenvalue weighted by molar-refractivity contribution is 0.0730. The zero-order chi connectivity index (χ0) is 23.7. The molecule has 2 aliphatic heterocycles. The van der Waals surface area contributed by atoms with E-state index in [1.165, 1.54) is 10.4 Å². The summed E-state index contributed by atoms with van der Waals surface area (Å²) < 4.78 is 35.1. The molecule has 2 aliphatic rings. The predicted octanol–water partition coefficient (Wildman–Crippen LogP) is 2.12. The average Bonchev–Trinajstić information content (AvgIpc) is 3.51. The molecule has 0 aliphatic carbocycles. The maximum Gasteiger partial charge on any atom is 0.253 e. The van der Waals surface area contributed by atoms with Crippen molar-refractivity contribution in [3.8, 4) is 0 Å². The molecule has 3 heterocycles. The number of nitrogens with one attached hydrogen (secondary N) is 1. The third-order valence-corrected chi connectivity index (χ3v) is 8.45. The number of carbonyl (C=O) groups is 1. The molecule has 1 amide bonds. The van der Waals surface area contributed by atoms with E-state index in [0.29, 0.717) is 31.9 Å². The third kappa shape index (κ3) is 4.28. The summed E-state index contributed by atoms with van der Waals surface area (Å²) in [6, 6.07) is 12.7. The van der Waals surface area contributed by atoms with Crippen LogP contribution in [0.5, 0.6) is 0 Å². The highest BCUT2D eigenvalue weighted by Crippen LogP contribution is 2.29. The Balaban J connectivity index is 1.44. The lowest BCUT2D eigenvalue weighted by Crippen LogP contribution is -2.40. The van der Waals surface area contributed by atoms with Gasteiger partial charge in [-0.1, -0.05) is 12.1 Å². The van der Waals surface area contributed by atoms with Gasteiger partial charge < -0.3 is 19.5 Å². The first-order valence-electron chi connectivity index (χ1n) is 11.6. The fourth-order valence-electron chi connectivity index (χ4n) is 4.64. The second-order valence-corrected chi connectivity index (χ2v) is 10.6. The molecule has 10 heteroatoms. The molecule has 34 heavy (non-hydrogen) atoms. The second-order valence-electron chi connectivity index (χ2n) is 8.65. The molecule has 1 N–H and O–H groups in total. The number of fused-ring (bicyclic) bond motifs is 1. The number of para-hydroxylation sites is 2. The Morgan fingerprint density at radius 3 is 2.53 bits per heavy atom. The zero-order valence-electron chi connectivity index (χ0n) is 19.2. The van der Waals surface area contributed by atoms with Crippen molar-refractivity contribution in [1.29, 1.82) is 0 Å². The Morgan fingerprint density at radius 1 is 1.06 bits per heavy atom. The van der Waals surface area contributed by atoms with Crippen LogP contribution in [0, 0.1) is 0 Å². The number of ether oxygens (including phenoxy) is 1. The lowest BCUT2D eigenvalue weighted by Gasteiger charge is -2.27. The molecule has 9 nitrogen and oxygen atoms in total. The first kappa shape index (κ1) is 22.8. The van der Waals surface area contributed by atoms with Crippen molar-refractivity contribution in [2.75, 3.05) is 44.3 Å². The molecule has 0 spiro atoms. The third-order valence-electron chi connectivity index (χ3n) is 6.55. The molecule has 3 aromatic rings. The highest BCUT2D eigenvalue weighted by atomic mass is 32.2. The van der Waals surface area contributed by atoms with Crippen molar-refractivity contribution < 1.29 is 17.9 Å². The fourth-order valence-corrected chi connectivity index (χ4v) is 6.07. The molecule has 0 atom stereocenters. The molecule has 1 aromatic heterocycles. The maximum atomic E-state index is 13.4. The number of rotatable bonds is 6. The van der Waals surface area contributed by atoms with Gasteiger partial charge >= 0.3 is 0 Å². The van der Waals surface area contributed by atoms with Gasteiger partial charge in [-0.25, -0.2) is 13.4 Å². The van der Waals surface area contributed by atoms with E-state index in [9.17, 15) is 13.2 Å². The SMILES string of the molecule is Cn1c(CNC(=O)c2cc(S(=O)(=O)N3CCOCC3)ccc2N2CCCC2)nc2ccccc21.